The predicted octanol–water partition coefficient (Wildman–Crippen LogP) is 2.41. The van der Waals surface area contributed by atoms with Crippen molar-refractivity contribution in [1.82, 2.24) is 10.2 Å². The number of anilines is 1. The number of amides is 2. The zero-order chi connectivity index (χ0) is 16.7. The molecule has 0 heterocycles. The van der Waals surface area contributed by atoms with Crippen molar-refractivity contribution in [2.24, 2.45) is 0 Å². The minimum Gasteiger partial charge on any atom is -0.355 e. The molecule has 0 aliphatic rings. The topological polar surface area (TPSA) is 52.7 Å². The van der Waals surface area contributed by atoms with Crippen molar-refractivity contribution in [2.75, 3.05) is 38.6 Å². The molecule has 0 fully saturated rings. The summed E-state index contributed by atoms with van der Waals surface area (Å²) in [6, 6.07) is 4.90. The van der Waals surface area contributed by atoms with E-state index in [0.717, 1.165) is 6.54 Å². The molecule has 0 atom stereocenters. The molecule has 0 saturated carbocycles. The Morgan fingerprint density at radius 2 is 1.86 bits per heavy atom. The smallest absolute Gasteiger partial charge is 0.223 e. The normalized spacial score (nSPS) is 10.6. The summed E-state index contributed by atoms with van der Waals surface area (Å²) in [5.74, 6) is -0.295. The Morgan fingerprint density at radius 1 is 1.18 bits per heavy atom. The quantitative estimate of drug-likeness (QED) is 0.825. The van der Waals surface area contributed by atoms with Crippen molar-refractivity contribution in [3.63, 3.8) is 0 Å². The lowest BCUT2D eigenvalue weighted by Gasteiger charge is -2.22. The number of benzene rings is 1. The third kappa shape index (κ3) is 6.22. The van der Waals surface area contributed by atoms with Gasteiger partial charge in [-0.3, -0.25) is 9.59 Å². The minimum absolute atomic E-state index is 0.105. The van der Waals surface area contributed by atoms with Gasteiger partial charge in [-0.15, -0.1) is 0 Å². The number of carbonyl (C=O) groups is 2. The van der Waals surface area contributed by atoms with E-state index < -0.39 is 0 Å². The maximum absolute atomic E-state index is 11.8. The fourth-order valence-corrected chi connectivity index (χ4v) is 2.25. The number of nitrogens with one attached hydrogen (secondary N) is 1. The molecule has 7 heteroatoms. The zero-order valence-corrected chi connectivity index (χ0v) is 14.5. The van der Waals surface area contributed by atoms with Crippen molar-refractivity contribution in [3.8, 4) is 0 Å². The summed E-state index contributed by atoms with van der Waals surface area (Å²) in [4.78, 5) is 27.1. The number of rotatable bonds is 7. The van der Waals surface area contributed by atoms with Gasteiger partial charge in [-0.2, -0.15) is 0 Å². The van der Waals surface area contributed by atoms with Gasteiger partial charge in [-0.05, 0) is 32.3 Å². The molecule has 0 radical (unpaired) electrons. The molecule has 1 aromatic carbocycles. The summed E-state index contributed by atoms with van der Waals surface area (Å²) in [6.07, 6.45) is 0.204. The van der Waals surface area contributed by atoms with Crippen LogP contribution in [0.2, 0.25) is 10.0 Å². The summed E-state index contributed by atoms with van der Waals surface area (Å²) in [6.45, 7) is 3.02. The fourth-order valence-electron chi connectivity index (χ4n) is 1.86. The second-order valence-corrected chi connectivity index (χ2v) is 6.01. The Labute approximate surface area is 141 Å². The SMILES string of the molecule is CC(=O)N(CCC(=O)NCCN(C)C)c1cc(Cl)ccc1Cl. The van der Waals surface area contributed by atoms with Gasteiger partial charge in [0.15, 0.2) is 0 Å². The molecule has 0 aliphatic carbocycles. The lowest BCUT2D eigenvalue weighted by atomic mass is 10.2. The first-order chi connectivity index (χ1) is 10.3. The van der Waals surface area contributed by atoms with Gasteiger partial charge in [-0.25, -0.2) is 0 Å². The van der Waals surface area contributed by atoms with E-state index in [4.69, 9.17) is 23.2 Å². The summed E-state index contributed by atoms with van der Waals surface area (Å²) >= 11 is 12.1. The molecule has 22 heavy (non-hydrogen) atoms. The van der Waals surface area contributed by atoms with Crippen LogP contribution in [0, 0.1) is 0 Å². The monoisotopic (exact) mass is 345 g/mol. The lowest BCUT2D eigenvalue weighted by Crippen LogP contribution is -2.36. The number of halogens is 2. The lowest BCUT2D eigenvalue weighted by molar-refractivity contribution is -0.121. The molecule has 0 spiro atoms. The van der Waals surface area contributed by atoms with Crippen LogP contribution in [0.15, 0.2) is 18.2 Å². The molecule has 0 aliphatic heterocycles. The van der Waals surface area contributed by atoms with Crippen molar-refractivity contribution < 1.29 is 9.59 Å². The first kappa shape index (κ1) is 18.7. The van der Waals surface area contributed by atoms with E-state index in [0.29, 0.717) is 22.3 Å². The number of hydrogen-bond acceptors (Lipinski definition) is 3. The van der Waals surface area contributed by atoms with Crippen LogP contribution in [0.25, 0.3) is 0 Å². The molecule has 0 bridgehead atoms. The highest BCUT2D eigenvalue weighted by Gasteiger charge is 2.16. The Morgan fingerprint density at radius 3 is 2.45 bits per heavy atom. The Balaban J connectivity index is 2.64. The number of hydrogen-bond donors (Lipinski definition) is 1. The highest BCUT2D eigenvalue weighted by molar-refractivity contribution is 6.35. The molecule has 0 aromatic heterocycles. The van der Waals surface area contributed by atoms with Crippen molar-refractivity contribution in [1.29, 1.82) is 0 Å². The zero-order valence-electron chi connectivity index (χ0n) is 13.0. The van der Waals surface area contributed by atoms with Gasteiger partial charge < -0.3 is 15.1 Å². The third-order valence-electron chi connectivity index (χ3n) is 3.02. The van der Waals surface area contributed by atoms with Crippen LogP contribution in [0.4, 0.5) is 5.69 Å². The van der Waals surface area contributed by atoms with Crippen molar-refractivity contribution in [2.45, 2.75) is 13.3 Å². The largest absolute Gasteiger partial charge is 0.355 e. The van der Waals surface area contributed by atoms with Crippen LogP contribution in [0.1, 0.15) is 13.3 Å². The van der Waals surface area contributed by atoms with Crippen molar-refractivity contribution >= 4 is 40.7 Å². The molecule has 122 valence electrons. The van der Waals surface area contributed by atoms with Gasteiger partial charge in [-0.1, -0.05) is 23.2 Å². The van der Waals surface area contributed by atoms with Crippen LogP contribution in [0.5, 0.6) is 0 Å². The molecule has 0 saturated heterocycles. The van der Waals surface area contributed by atoms with Gasteiger partial charge in [0.25, 0.3) is 0 Å². The van der Waals surface area contributed by atoms with E-state index in [9.17, 15) is 9.59 Å². The predicted molar refractivity (Wildman–Crippen MR) is 90.7 cm³/mol. The number of carbonyl (C=O) groups excluding carboxylic acids is 2. The second kappa shape index (κ2) is 8.98. The summed E-state index contributed by atoms with van der Waals surface area (Å²) in [5.41, 5.74) is 0.516. The minimum atomic E-state index is -0.190. The van der Waals surface area contributed by atoms with Crippen LogP contribution in [-0.2, 0) is 9.59 Å². The highest BCUT2D eigenvalue weighted by atomic mass is 35.5. The summed E-state index contributed by atoms with van der Waals surface area (Å²) in [7, 11) is 3.87. The van der Waals surface area contributed by atoms with E-state index in [-0.39, 0.29) is 24.8 Å². The van der Waals surface area contributed by atoms with E-state index in [2.05, 4.69) is 5.32 Å². The Kier molecular flexibility index (Phi) is 7.65. The average Bonchev–Trinajstić information content (AvgIpc) is 2.42. The Hall–Kier alpha value is -1.30. The van der Waals surface area contributed by atoms with Gasteiger partial charge in [0.1, 0.15) is 0 Å². The van der Waals surface area contributed by atoms with E-state index in [1.165, 1.54) is 11.8 Å². The highest BCUT2D eigenvalue weighted by Crippen LogP contribution is 2.29. The first-order valence-corrected chi connectivity index (χ1v) is 7.71. The summed E-state index contributed by atoms with van der Waals surface area (Å²) < 4.78 is 0. The van der Waals surface area contributed by atoms with Crippen LogP contribution in [-0.4, -0.2) is 50.4 Å². The fraction of sp³-hybridized carbons (Fsp3) is 0.467. The first-order valence-electron chi connectivity index (χ1n) is 6.96. The van der Waals surface area contributed by atoms with Gasteiger partial charge in [0.05, 0.1) is 10.7 Å². The van der Waals surface area contributed by atoms with Crippen LogP contribution >= 0.6 is 23.2 Å². The molecular formula is C15H21Cl2N3O2. The third-order valence-corrected chi connectivity index (χ3v) is 3.58. The molecule has 2 amide bonds. The second-order valence-electron chi connectivity index (χ2n) is 5.17. The molecule has 1 aromatic rings. The molecule has 1 N–H and O–H groups in total. The molecule has 5 nitrogen and oxygen atoms in total. The molecule has 0 unspecified atom stereocenters. The number of likely N-dealkylation sites (N-methyl/N-ethyl adjacent to an activating group) is 1. The van der Waals surface area contributed by atoms with Gasteiger partial charge in [0.2, 0.25) is 11.8 Å². The Bertz CT molecular complexity index is 536. The van der Waals surface area contributed by atoms with E-state index in [1.807, 2.05) is 19.0 Å². The average molecular weight is 346 g/mol. The van der Waals surface area contributed by atoms with Gasteiger partial charge in [0, 0.05) is 38.0 Å². The summed E-state index contributed by atoms with van der Waals surface area (Å²) in [5, 5.41) is 3.72. The van der Waals surface area contributed by atoms with E-state index in [1.54, 1.807) is 18.2 Å². The van der Waals surface area contributed by atoms with E-state index >= 15 is 0 Å². The van der Waals surface area contributed by atoms with Gasteiger partial charge >= 0.3 is 0 Å². The maximum Gasteiger partial charge on any atom is 0.223 e. The standard InChI is InChI=1S/C15H21Cl2N3O2/c1-11(21)20(14-10-12(16)4-5-13(14)17)8-6-15(22)18-7-9-19(2)3/h4-5,10H,6-9H2,1-3H3,(H,18,22). The van der Waals surface area contributed by atoms with Crippen molar-refractivity contribution in [3.05, 3.63) is 28.2 Å². The molecule has 1 rings (SSSR count). The maximum atomic E-state index is 11.8. The van der Waals surface area contributed by atoms with Crippen LogP contribution in [0.3, 0.4) is 0 Å². The molecular weight excluding hydrogens is 325 g/mol. The van der Waals surface area contributed by atoms with Crippen LogP contribution < -0.4 is 10.2 Å². The number of nitrogens with zero attached hydrogens (tertiary/aromatic N) is 2.